The van der Waals surface area contributed by atoms with Gasteiger partial charge in [-0.2, -0.15) is 0 Å². The number of ether oxygens (including phenoxy) is 4. The van der Waals surface area contributed by atoms with Crippen molar-refractivity contribution in [3.8, 4) is 23.0 Å². The minimum absolute atomic E-state index is 0.0520. The molecule has 5 rings (SSSR count). The largest absolute Gasteiger partial charge is 0.508 e. The lowest BCUT2D eigenvalue weighted by molar-refractivity contribution is -0.153. The van der Waals surface area contributed by atoms with E-state index in [1.165, 1.54) is 0 Å². The number of phenols is 1. The number of fused-ring (bicyclic) bond motifs is 1. The third-order valence-electron chi connectivity index (χ3n) is 7.66. The van der Waals surface area contributed by atoms with Crippen molar-refractivity contribution >= 4 is 17.1 Å². The lowest BCUT2D eigenvalue weighted by Gasteiger charge is -2.25. The van der Waals surface area contributed by atoms with E-state index in [-0.39, 0.29) is 30.5 Å². The molecule has 0 spiro atoms. The highest BCUT2D eigenvalue weighted by molar-refractivity contribution is 5.99. The SMILES string of the molecule is CCC(=C(c1ccc(O)cc1)c1ccc(OCC(CN(CC)CC)OC(=O)C2CC2)cc1)c1ccc2c(c1)OCO2. The lowest BCUT2D eigenvalue weighted by Crippen LogP contribution is -2.38. The molecule has 1 aliphatic heterocycles. The predicted molar refractivity (Wildman–Crippen MR) is 159 cm³/mol. The second kappa shape index (κ2) is 13.1. The Morgan fingerprint density at radius 2 is 1.54 bits per heavy atom. The zero-order chi connectivity index (χ0) is 28.8. The van der Waals surface area contributed by atoms with Crippen LogP contribution in [0.15, 0.2) is 66.7 Å². The van der Waals surface area contributed by atoms with Crippen LogP contribution in [0.3, 0.4) is 0 Å². The van der Waals surface area contributed by atoms with E-state index in [1.807, 2.05) is 36.4 Å². The maximum absolute atomic E-state index is 12.4. The van der Waals surface area contributed by atoms with Crippen LogP contribution in [0.1, 0.15) is 56.7 Å². The minimum atomic E-state index is -0.326. The Morgan fingerprint density at radius 1 is 0.902 bits per heavy atom. The molecule has 0 saturated heterocycles. The van der Waals surface area contributed by atoms with Crippen molar-refractivity contribution < 1.29 is 28.8 Å². The number of carbonyl (C=O) groups is 1. The summed E-state index contributed by atoms with van der Waals surface area (Å²) in [4.78, 5) is 14.6. The number of carbonyl (C=O) groups excluding carboxylic acids is 1. The first-order valence-electron chi connectivity index (χ1n) is 14.6. The highest BCUT2D eigenvalue weighted by Crippen LogP contribution is 2.40. The van der Waals surface area contributed by atoms with Gasteiger partial charge in [-0.3, -0.25) is 4.79 Å². The van der Waals surface area contributed by atoms with Gasteiger partial charge in [-0.15, -0.1) is 0 Å². The van der Waals surface area contributed by atoms with Crippen molar-refractivity contribution in [2.45, 2.75) is 46.1 Å². The molecule has 7 heteroatoms. The fourth-order valence-electron chi connectivity index (χ4n) is 5.13. The van der Waals surface area contributed by atoms with Gasteiger partial charge < -0.3 is 29.0 Å². The molecule has 1 N–H and O–H groups in total. The molecule has 7 nitrogen and oxygen atoms in total. The smallest absolute Gasteiger partial charge is 0.309 e. The molecule has 1 unspecified atom stereocenters. The van der Waals surface area contributed by atoms with Crippen LogP contribution in [0.5, 0.6) is 23.0 Å². The van der Waals surface area contributed by atoms with Crippen LogP contribution in [0.4, 0.5) is 0 Å². The van der Waals surface area contributed by atoms with E-state index in [4.69, 9.17) is 18.9 Å². The van der Waals surface area contributed by atoms with Crippen LogP contribution in [0.25, 0.3) is 11.1 Å². The normalized spacial score (nSPS) is 15.4. The molecule has 2 aliphatic rings. The molecular formula is C34H39NO6. The summed E-state index contributed by atoms with van der Waals surface area (Å²) in [5, 5.41) is 9.95. The molecule has 1 aliphatic carbocycles. The summed E-state index contributed by atoms with van der Waals surface area (Å²) >= 11 is 0. The summed E-state index contributed by atoms with van der Waals surface area (Å²) in [6, 6.07) is 21.3. The van der Waals surface area contributed by atoms with Gasteiger partial charge in [-0.25, -0.2) is 0 Å². The third-order valence-corrected chi connectivity index (χ3v) is 7.66. The van der Waals surface area contributed by atoms with E-state index in [0.29, 0.717) is 18.9 Å². The van der Waals surface area contributed by atoms with Crippen molar-refractivity contribution in [1.82, 2.24) is 4.90 Å². The zero-order valence-electron chi connectivity index (χ0n) is 24.1. The van der Waals surface area contributed by atoms with Crippen LogP contribution < -0.4 is 14.2 Å². The van der Waals surface area contributed by atoms with E-state index in [0.717, 1.165) is 71.7 Å². The number of nitrogens with zero attached hydrogens (tertiary/aromatic N) is 1. The van der Waals surface area contributed by atoms with E-state index in [9.17, 15) is 9.90 Å². The first kappa shape index (κ1) is 28.6. The van der Waals surface area contributed by atoms with Gasteiger partial charge in [0.05, 0.1) is 5.92 Å². The molecule has 41 heavy (non-hydrogen) atoms. The predicted octanol–water partition coefficient (Wildman–Crippen LogP) is 6.53. The Balaban J connectivity index is 1.40. The molecule has 3 aromatic rings. The Kier molecular flexibility index (Phi) is 9.14. The lowest BCUT2D eigenvalue weighted by atomic mass is 9.88. The average molecular weight is 558 g/mol. The Morgan fingerprint density at radius 3 is 2.17 bits per heavy atom. The van der Waals surface area contributed by atoms with E-state index in [2.05, 4.69) is 43.9 Å². The van der Waals surface area contributed by atoms with Gasteiger partial charge >= 0.3 is 5.97 Å². The molecule has 0 amide bonds. The van der Waals surface area contributed by atoms with Gasteiger partial charge in [0.25, 0.3) is 0 Å². The topological polar surface area (TPSA) is 77.5 Å². The van der Waals surface area contributed by atoms with Crippen molar-refractivity contribution in [2.24, 2.45) is 5.92 Å². The van der Waals surface area contributed by atoms with Crippen LogP contribution in [-0.4, -0.2) is 55.1 Å². The zero-order valence-corrected chi connectivity index (χ0v) is 24.1. The van der Waals surface area contributed by atoms with Crippen molar-refractivity contribution in [3.63, 3.8) is 0 Å². The Bertz CT molecular complexity index is 1360. The first-order chi connectivity index (χ1) is 20.0. The molecule has 0 bridgehead atoms. The van der Waals surface area contributed by atoms with Gasteiger partial charge in [0.2, 0.25) is 6.79 Å². The van der Waals surface area contributed by atoms with Crippen LogP contribution in [0.2, 0.25) is 0 Å². The summed E-state index contributed by atoms with van der Waals surface area (Å²) < 4.78 is 23.2. The number of phenolic OH excluding ortho intramolecular Hbond substituents is 1. The van der Waals surface area contributed by atoms with Crippen LogP contribution in [-0.2, 0) is 9.53 Å². The fourth-order valence-corrected chi connectivity index (χ4v) is 5.13. The van der Waals surface area contributed by atoms with E-state index >= 15 is 0 Å². The molecule has 1 atom stereocenters. The fraction of sp³-hybridized carbons (Fsp3) is 0.382. The maximum atomic E-state index is 12.4. The summed E-state index contributed by atoms with van der Waals surface area (Å²) in [5.41, 5.74) is 5.29. The number of rotatable bonds is 13. The monoisotopic (exact) mass is 557 g/mol. The van der Waals surface area contributed by atoms with Crippen LogP contribution in [0, 0.1) is 5.92 Å². The molecule has 216 valence electrons. The summed E-state index contributed by atoms with van der Waals surface area (Å²) in [6.45, 7) is 9.30. The molecule has 1 saturated carbocycles. The minimum Gasteiger partial charge on any atom is -0.508 e. The van der Waals surface area contributed by atoms with E-state index in [1.54, 1.807) is 12.1 Å². The highest BCUT2D eigenvalue weighted by atomic mass is 16.7. The molecule has 1 heterocycles. The van der Waals surface area contributed by atoms with Crippen molar-refractivity contribution in [3.05, 3.63) is 83.4 Å². The quantitative estimate of drug-likeness (QED) is 0.189. The molecule has 1 fully saturated rings. The summed E-state index contributed by atoms with van der Waals surface area (Å²) in [7, 11) is 0. The maximum Gasteiger partial charge on any atom is 0.309 e. The second-order valence-electron chi connectivity index (χ2n) is 10.5. The molecule has 3 aromatic carbocycles. The van der Waals surface area contributed by atoms with Crippen LogP contribution >= 0.6 is 0 Å². The number of likely N-dealkylation sites (N-methyl/N-ethyl adjacent to an activating group) is 1. The summed E-state index contributed by atoms with van der Waals surface area (Å²) in [5.74, 6) is 2.37. The molecule has 0 radical (unpaired) electrons. The average Bonchev–Trinajstić information content (AvgIpc) is 3.75. The number of allylic oxidation sites excluding steroid dienone is 1. The molecular weight excluding hydrogens is 518 g/mol. The van der Waals surface area contributed by atoms with Crippen molar-refractivity contribution in [2.75, 3.05) is 33.0 Å². The summed E-state index contributed by atoms with van der Waals surface area (Å²) in [6.07, 6.45) is 2.30. The van der Waals surface area contributed by atoms with Gasteiger partial charge in [0.1, 0.15) is 24.2 Å². The Labute approximate surface area is 242 Å². The van der Waals surface area contributed by atoms with E-state index < -0.39 is 0 Å². The highest BCUT2D eigenvalue weighted by Gasteiger charge is 2.33. The first-order valence-corrected chi connectivity index (χ1v) is 14.6. The van der Waals surface area contributed by atoms with Crippen molar-refractivity contribution in [1.29, 1.82) is 0 Å². The standard InChI is InChI=1S/C34H39NO6/c1-4-30(26-13-18-31-32(19-26)40-22-39-31)33(23-9-14-27(36)15-10-23)24-11-16-28(17-12-24)38-21-29(20-35(5-2)6-3)41-34(37)25-7-8-25/h9-19,25,29,36H,4-8,20-22H2,1-3H3. The number of benzene rings is 3. The second-order valence-corrected chi connectivity index (χ2v) is 10.5. The van der Waals surface area contributed by atoms with Gasteiger partial charge in [0, 0.05) is 6.54 Å². The van der Waals surface area contributed by atoms with Gasteiger partial charge in [-0.1, -0.05) is 51.1 Å². The number of hydrogen-bond donors (Lipinski definition) is 1. The Hall–Kier alpha value is -3.97. The number of esters is 1. The van der Waals surface area contributed by atoms with Gasteiger partial charge in [-0.05, 0) is 96.6 Å². The number of hydrogen-bond acceptors (Lipinski definition) is 7. The third kappa shape index (κ3) is 7.03. The molecule has 0 aromatic heterocycles. The van der Waals surface area contributed by atoms with Gasteiger partial charge in [0.15, 0.2) is 11.5 Å². The number of aromatic hydroxyl groups is 1.